The number of halogens is 3. The Balaban J connectivity index is 1.55. The monoisotopic (exact) mass is 450 g/mol. The van der Waals surface area contributed by atoms with Crippen LogP contribution in [0, 0.1) is 0 Å². The number of ether oxygens (including phenoxy) is 1. The van der Waals surface area contributed by atoms with Gasteiger partial charge < -0.3 is 14.6 Å². The van der Waals surface area contributed by atoms with E-state index in [0.717, 1.165) is 16.8 Å². The van der Waals surface area contributed by atoms with Crippen molar-refractivity contribution in [1.29, 1.82) is 0 Å². The summed E-state index contributed by atoms with van der Waals surface area (Å²) in [5.41, 5.74) is -2.04. The smallest absolute Gasteiger partial charge is 0.417 e. The van der Waals surface area contributed by atoms with Crippen LogP contribution >= 0.6 is 0 Å². The first-order valence-corrected chi connectivity index (χ1v) is 9.47. The van der Waals surface area contributed by atoms with Crippen LogP contribution in [0.1, 0.15) is 12.0 Å². The summed E-state index contributed by atoms with van der Waals surface area (Å²) < 4.78 is 44.8. The average molecular weight is 450 g/mol. The van der Waals surface area contributed by atoms with Gasteiger partial charge in [-0.25, -0.2) is 14.5 Å². The molecule has 0 spiro atoms. The molecular weight excluding hydrogens is 433 g/mol. The minimum atomic E-state index is -4.48. The molecule has 4 rings (SSSR count). The second-order valence-electron chi connectivity index (χ2n) is 7.19. The van der Waals surface area contributed by atoms with E-state index in [4.69, 9.17) is 4.74 Å². The maximum absolute atomic E-state index is 12.7. The van der Waals surface area contributed by atoms with Gasteiger partial charge >= 0.3 is 11.9 Å². The van der Waals surface area contributed by atoms with Gasteiger partial charge in [0.25, 0.3) is 11.1 Å². The fourth-order valence-electron chi connectivity index (χ4n) is 3.38. The lowest BCUT2D eigenvalue weighted by molar-refractivity contribution is -0.137. The van der Waals surface area contributed by atoms with Crippen molar-refractivity contribution in [2.45, 2.75) is 18.7 Å². The van der Waals surface area contributed by atoms with E-state index in [1.807, 2.05) is 0 Å². The molecule has 0 bridgehead atoms. The Morgan fingerprint density at radius 3 is 2.66 bits per heavy atom. The normalized spacial score (nSPS) is 16.4. The molecule has 0 saturated carbocycles. The third-order valence-electron chi connectivity index (χ3n) is 4.98. The molecule has 4 heterocycles. The van der Waals surface area contributed by atoms with Crippen LogP contribution in [0.3, 0.4) is 0 Å². The topological polar surface area (TPSA) is 126 Å². The molecule has 0 radical (unpaired) electrons. The highest BCUT2D eigenvalue weighted by Crippen LogP contribution is 2.30. The molecule has 168 valence electrons. The Morgan fingerprint density at radius 1 is 1.22 bits per heavy atom. The first-order chi connectivity index (χ1) is 15.1. The van der Waals surface area contributed by atoms with Crippen LogP contribution in [0.25, 0.3) is 11.3 Å². The number of hydrogen-bond acceptors (Lipinski definition) is 7. The third kappa shape index (κ3) is 4.26. The molecule has 3 aromatic heterocycles. The molecule has 1 unspecified atom stereocenters. The third-order valence-corrected chi connectivity index (χ3v) is 4.98. The van der Waals surface area contributed by atoms with Crippen molar-refractivity contribution in [1.82, 2.24) is 24.7 Å². The van der Waals surface area contributed by atoms with E-state index < -0.39 is 34.7 Å². The summed E-state index contributed by atoms with van der Waals surface area (Å²) in [6.07, 6.45) is -2.47. The molecule has 13 heteroatoms. The highest BCUT2D eigenvalue weighted by molar-refractivity contribution is 5.62. The highest BCUT2D eigenvalue weighted by Gasteiger charge is 2.31. The molecule has 1 aliphatic rings. The predicted octanol–water partition coefficient (Wildman–Crippen LogP) is 0.895. The maximum Gasteiger partial charge on any atom is 0.417 e. The summed E-state index contributed by atoms with van der Waals surface area (Å²) in [7, 11) is 1.44. The van der Waals surface area contributed by atoms with E-state index in [-0.39, 0.29) is 29.4 Å². The molecular formula is C19H17F3N6O4. The van der Waals surface area contributed by atoms with Crippen LogP contribution in [0.5, 0.6) is 5.88 Å². The van der Waals surface area contributed by atoms with Crippen molar-refractivity contribution in [3.05, 3.63) is 67.3 Å². The van der Waals surface area contributed by atoms with Crippen molar-refractivity contribution >= 4 is 5.69 Å². The molecule has 0 aliphatic carbocycles. The molecule has 0 amide bonds. The summed E-state index contributed by atoms with van der Waals surface area (Å²) in [5, 5.41) is 4.08. The van der Waals surface area contributed by atoms with Crippen LogP contribution in [-0.4, -0.2) is 43.9 Å². The van der Waals surface area contributed by atoms with Crippen LogP contribution in [0.2, 0.25) is 0 Å². The second-order valence-corrected chi connectivity index (χ2v) is 7.19. The number of anilines is 1. The standard InChI is InChI=1S/C19H17F3N6O4/c1-27-17(30)14(6-13(26-27)12-8-24-18(31)25-16(12)29)28-5-4-11(9-28)32-15-3-2-10(7-23-15)19(20,21)22/h2-3,6-8,11H,4-5,9H2,1H3,(H2,24,25,29,31). The number of aromatic amines is 2. The zero-order valence-electron chi connectivity index (χ0n) is 16.6. The highest BCUT2D eigenvalue weighted by atomic mass is 19.4. The second kappa shape index (κ2) is 7.98. The van der Waals surface area contributed by atoms with Gasteiger partial charge in [-0.05, 0) is 12.1 Å². The Bertz CT molecular complexity index is 1310. The number of rotatable bonds is 4. The van der Waals surface area contributed by atoms with Crippen LogP contribution in [0.15, 0.2) is 45.0 Å². The largest absolute Gasteiger partial charge is 0.472 e. The molecule has 1 atom stereocenters. The van der Waals surface area contributed by atoms with Gasteiger partial charge in [-0.1, -0.05) is 0 Å². The molecule has 2 N–H and O–H groups in total. The summed E-state index contributed by atoms with van der Waals surface area (Å²) in [5.74, 6) is 0.0490. The fourth-order valence-corrected chi connectivity index (χ4v) is 3.38. The predicted molar refractivity (Wildman–Crippen MR) is 107 cm³/mol. The maximum atomic E-state index is 12.7. The molecule has 10 nitrogen and oxygen atoms in total. The zero-order chi connectivity index (χ0) is 23.0. The number of alkyl halides is 3. The Kier molecular flexibility index (Phi) is 5.32. The van der Waals surface area contributed by atoms with E-state index in [1.165, 1.54) is 19.3 Å². The van der Waals surface area contributed by atoms with Gasteiger partial charge in [0.1, 0.15) is 17.5 Å². The van der Waals surface area contributed by atoms with Gasteiger partial charge in [0.15, 0.2) is 0 Å². The van der Waals surface area contributed by atoms with Crippen LogP contribution in [0.4, 0.5) is 18.9 Å². The molecule has 32 heavy (non-hydrogen) atoms. The van der Waals surface area contributed by atoms with E-state index in [2.05, 4.69) is 20.1 Å². The van der Waals surface area contributed by atoms with Crippen LogP contribution in [-0.2, 0) is 13.2 Å². The van der Waals surface area contributed by atoms with Gasteiger partial charge in [-0.2, -0.15) is 18.3 Å². The molecule has 3 aromatic rings. The first-order valence-electron chi connectivity index (χ1n) is 9.47. The summed E-state index contributed by atoms with van der Waals surface area (Å²) in [6.45, 7) is 0.718. The van der Waals surface area contributed by atoms with Gasteiger partial charge in [-0.3, -0.25) is 14.6 Å². The Labute approximate surface area is 177 Å². The Hall–Kier alpha value is -3.90. The van der Waals surface area contributed by atoms with Crippen LogP contribution < -0.4 is 26.4 Å². The van der Waals surface area contributed by atoms with Crippen molar-refractivity contribution in [2.75, 3.05) is 18.0 Å². The molecule has 0 aromatic carbocycles. The van der Waals surface area contributed by atoms with Crippen molar-refractivity contribution in [3.63, 3.8) is 0 Å². The minimum absolute atomic E-state index is 0.0490. The van der Waals surface area contributed by atoms with Gasteiger partial charge in [0.05, 0.1) is 17.7 Å². The summed E-state index contributed by atoms with van der Waals surface area (Å²) in [6, 6.07) is 3.49. The number of nitrogens with zero attached hydrogens (tertiary/aromatic N) is 4. The van der Waals surface area contributed by atoms with E-state index >= 15 is 0 Å². The minimum Gasteiger partial charge on any atom is -0.472 e. The van der Waals surface area contributed by atoms with E-state index in [1.54, 1.807) is 4.90 Å². The number of H-pyrrole nitrogens is 2. The number of nitrogens with one attached hydrogen (secondary N) is 2. The van der Waals surface area contributed by atoms with Gasteiger partial charge in [-0.15, -0.1) is 0 Å². The lowest BCUT2D eigenvalue weighted by Gasteiger charge is -2.19. The summed E-state index contributed by atoms with van der Waals surface area (Å²) >= 11 is 0. The van der Waals surface area contributed by atoms with Crippen molar-refractivity contribution in [2.24, 2.45) is 7.05 Å². The molecule has 1 saturated heterocycles. The lowest BCUT2D eigenvalue weighted by atomic mass is 10.2. The van der Waals surface area contributed by atoms with Crippen molar-refractivity contribution in [3.8, 4) is 17.1 Å². The van der Waals surface area contributed by atoms with Gasteiger partial charge in [0, 0.05) is 38.5 Å². The SMILES string of the molecule is Cn1nc(-c2c[nH]c(=O)[nH]c2=O)cc(N2CCC(Oc3ccc(C(F)(F)F)cn3)C2)c1=O. The Morgan fingerprint density at radius 2 is 2.00 bits per heavy atom. The average Bonchev–Trinajstić information content (AvgIpc) is 3.18. The number of aryl methyl sites for hydroxylation is 1. The lowest BCUT2D eigenvalue weighted by Crippen LogP contribution is -2.33. The number of hydrogen-bond donors (Lipinski definition) is 2. The van der Waals surface area contributed by atoms with Crippen molar-refractivity contribution < 1.29 is 17.9 Å². The number of pyridine rings is 1. The number of aromatic nitrogens is 5. The quantitative estimate of drug-likeness (QED) is 0.605. The van der Waals surface area contributed by atoms with Gasteiger partial charge in [0.2, 0.25) is 5.88 Å². The fraction of sp³-hybridized carbons (Fsp3) is 0.316. The van der Waals surface area contributed by atoms with E-state index in [9.17, 15) is 27.6 Å². The summed E-state index contributed by atoms with van der Waals surface area (Å²) in [4.78, 5) is 45.9. The molecule has 1 fully saturated rings. The first kappa shape index (κ1) is 21.3. The van der Waals surface area contributed by atoms with E-state index in [0.29, 0.717) is 19.2 Å². The molecule has 1 aliphatic heterocycles. The zero-order valence-corrected chi connectivity index (χ0v) is 16.6.